The van der Waals surface area contributed by atoms with Crippen LogP contribution in [0, 0.1) is 13.8 Å². The molecule has 0 amide bonds. The van der Waals surface area contributed by atoms with Crippen molar-refractivity contribution in [3.8, 4) is 23.0 Å². The van der Waals surface area contributed by atoms with Gasteiger partial charge in [0.25, 0.3) is 0 Å². The van der Waals surface area contributed by atoms with Gasteiger partial charge in [0.1, 0.15) is 19.6 Å². The van der Waals surface area contributed by atoms with Crippen LogP contribution in [0.5, 0.6) is 23.0 Å². The number of aryl methyl sites for hydroxylation is 2. The lowest BCUT2D eigenvalue weighted by molar-refractivity contribution is -0.0603. The van der Waals surface area contributed by atoms with Crippen molar-refractivity contribution in [1.82, 2.24) is 0 Å². The zero-order valence-electron chi connectivity index (χ0n) is 32.9. The summed E-state index contributed by atoms with van der Waals surface area (Å²) in [5.41, 5.74) is -5.40. The van der Waals surface area contributed by atoms with Crippen LogP contribution >= 0.6 is 0 Å². The number of benzene rings is 5. The largest absolute Gasteiger partial charge is 0.493 e. The van der Waals surface area contributed by atoms with E-state index in [1.165, 1.54) is 48.5 Å². The maximum Gasteiger partial charge on any atom is 0.437 e. The first-order valence-electron chi connectivity index (χ1n) is 17.3. The Morgan fingerprint density at radius 1 is 0.438 bits per heavy atom. The van der Waals surface area contributed by atoms with Crippen molar-refractivity contribution in [1.29, 1.82) is 0 Å². The third-order valence-electron chi connectivity index (χ3n) is 8.27. The van der Waals surface area contributed by atoms with E-state index in [-0.39, 0.29) is 15.9 Å². The lowest BCUT2D eigenvalue weighted by atomic mass is 10.0. The molecule has 0 heterocycles. The number of methoxy groups -OCH3 is 2. The van der Waals surface area contributed by atoms with Crippen molar-refractivity contribution in [2.75, 3.05) is 14.2 Å². The zero-order chi connectivity index (χ0) is 47.5. The van der Waals surface area contributed by atoms with Crippen molar-refractivity contribution in [2.24, 2.45) is 10.3 Å². The van der Waals surface area contributed by atoms with E-state index < -0.39 is 108 Å². The predicted octanol–water partition coefficient (Wildman–Crippen LogP) is 7.20. The number of oxime groups is 2. The molecule has 0 aliphatic rings. The van der Waals surface area contributed by atoms with Crippen LogP contribution in [-0.2, 0) is 49.0 Å². The molecule has 0 N–H and O–H groups in total. The summed E-state index contributed by atoms with van der Waals surface area (Å²) in [4.78, 5) is -2.42. The molecule has 0 fully saturated rings. The molecule has 26 heteroatoms. The van der Waals surface area contributed by atoms with Gasteiger partial charge in [0.2, 0.25) is 0 Å². The first-order chi connectivity index (χ1) is 29.7. The third-order valence-corrected chi connectivity index (χ3v) is 13.0. The minimum Gasteiger partial charge on any atom is -0.493 e. The highest BCUT2D eigenvalue weighted by Gasteiger charge is 2.42. The Hall–Kier alpha value is -6.38. The van der Waals surface area contributed by atoms with Crippen LogP contribution in [0.25, 0.3) is 0 Å². The molecule has 16 nitrogen and oxygen atoms in total. The highest BCUT2D eigenvalue weighted by Crippen LogP contribution is 2.35. The maximum absolute atomic E-state index is 14.3. The van der Waals surface area contributed by atoms with Gasteiger partial charge in [0.05, 0.1) is 14.2 Å². The highest BCUT2D eigenvalue weighted by atomic mass is 32.2. The van der Waals surface area contributed by atoms with Gasteiger partial charge >= 0.3 is 52.8 Å². The topological polar surface area (TPSA) is 217 Å². The Labute approximate surface area is 361 Å². The van der Waals surface area contributed by atoms with E-state index in [9.17, 15) is 60.0 Å². The number of hydrogen-bond donors (Lipinski definition) is 0. The predicted molar refractivity (Wildman–Crippen MR) is 212 cm³/mol. The third kappa shape index (κ3) is 11.6. The van der Waals surface area contributed by atoms with Crippen LogP contribution in [0.2, 0.25) is 0 Å². The summed E-state index contributed by atoms with van der Waals surface area (Å²) in [5.74, 6) is -2.14. The first-order valence-corrected chi connectivity index (χ1v) is 23.0. The molecule has 0 spiro atoms. The fourth-order valence-electron chi connectivity index (χ4n) is 5.10. The quantitative estimate of drug-likeness (QED) is 0.0414. The Morgan fingerprint density at radius 3 is 1.08 bits per heavy atom. The molecule has 0 bridgehead atoms. The molecule has 0 saturated heterocycles. The van der Waals surface area contributed by atoms with Crippen LogP contribution in [-0.4, -0.2) is 71.7 Å². The van der Waals surface area contributed by atoms with Gasteiger partial charge in [-0.2, -0.15) is 60.0 Å². The summed E-state index contributed by atoms with van der Waals surface area (Å²) in [6.45, 7) is 3.39. The molecule has 0 radical (unpaired) electrons. The molecule has 0 unspecified atom stereocenters. The molecule has 0 aromatic heterocycles. The Balaban J connectivity index is 1.42. The van der Waals surface area contributed by atoms with E-state index in [1.807, 2.05) is 0 Å². The van der Waals surface area contributed by atoms with Gasteiger partial charge in [-0.05, 0) is 68.4 Å². The van der Waals surface area contributed by atoms with Gasteiger partial charge in [-0.1, -0.05) is 63.9 Å². The van der Waals surface area contributed by atoms with Crippen LogP contribution in [0.1, 0.15) is 22.3 Å². The molecule has 342 valence electrons. The summed E-state index contributed by atoms with van der Waals surface area (Å²) in [5, 5.41) is 5.36. The van der Waals surface area contributed by atoms with Gasteiger partial charge in [0.15, 0.2) is 34.4 Å². The van der Waals surface area contributed by atoms with Crippen molar-refractivity contribution < 1.29 is 86.4 Å². The molecule has 0 atom stereocenters. The zero-order valence-corrected chi connectivity index (χ0v) is 36.2. The summed E-state index contributed by atoms with van der Waals surface area (Å²) in [6.07, 6.45) is -11.2. The summed E-state index contributed by atoms with van der Waals surface area (Å²) in [6, 6.07) is 17.0. The second kappa shape index (κ2) is 18.4. The van der Waals surface area contributed by atoms with E-state index >= 15 is 0 Å². The first kappa shape index (κ1) is 48.6. The molecular weight excluding hydrogens is 951 g/mol. The van der Waals surface area contributed by atoms with Crippen molar-refractivity contribution in [3.05, 3.63) is 131 Å². The lowest BCUT2D eigenvalue weighted by Crippen LogP contribution is -2.27. The normalized spacial score (nSPS) is 13.2. The van der Waals surface area contributed by atoms with Crippen molar-refractivity contribution >= 4 is 51.9 Å². The SMILES string of the molecule is COc1cc(S(=O)(=O)ON=C(c2cccc(C(=NOS(=O)(=O)c3ccc(OS(=O)(=O)c4ccc(C)cc4)c(OC)c3)C(F)(F)F)c2)C(F)(F)F)ccc1OS(=O)(=O)c1ccc(C)cc1. The van der Waals surface area contributed by atoms with Gasteiger partial charge in [-0.25, -0.2) is 0 Å². The van der Waals surface area contributed by atoms with E-state index in [1.54, 1.807) is 13.8 Å². The minimum atomic E-state index is -5.61. The maximum atomic E-state index is 14.3. The van der Waals surface area contributed by atoms with Crippen LogP contribution in [0.3, 0.4) is 0 Å². The molecule has 0 aliphatic heterocycles. The average molecular weight is 981 g/mol. The number of nitrogens with zero attached hydrogens (tertiary/aromatic N) is 2. The van der Waals surface area contributed by atoms with E-state index in [0.717, 1.165) is 37.5 Å². The minimum absolute atomic E-state index is 0.178. The lowest BCUT2D eigenvalue weighted by Gasteiger charge is -2.14. The second-order valence-electron chi connectivity index (χ2n) is 12.8. The Kier molecular flexibility index (Phi) is 14.0. The smallest absolute Gasteiger partial charge is 0.437 e. The molecular formula is C38H30F6N2O14S4. The van der Waals surface area contributed by atoms with E-state index in [2.05, 4.69) is 18.9 Å². The molecule has 5 aromatic carbocycles. The van der Waals surface area contributed by atoms with Gasteiger partial charge in [-0.3, -0.25) is 8.57 Å². The van der Waals surface area contributed by atoms with Crippen molar-refractivity contribution in [3.63, 3.8) is 0 Å². The summed E-state index contributed by atoms with van der Waals surface area (Å²) in [7, 11) is -17.6. The van der Waals surface area contributed by atoms with Gasteiger partial charge < -0.3 is 17.8 Å². The number of hydrogen-bond acceptors (Lipinski definition) is 16. The average Bonchev–Trinajstić information content (AvgIpc) is 3.20. The molecule has 5 rings (SSSR count). The molecule has 64 heavy (non-hydrogen) atoms. The number of halogens is 6. The highest BCUT2D eigenvalue weighted by molar-refractivity contribution is 7.87. The summed E-state index contributed by atoms with van der Waals surface area (Å²) < 4.78 is 218. The van der Waals surface area contributed by atoms with Gasteiger partial charge in [-0.15, -0.1) is 0 Å². The summed E-state index contributed by atoms with van der Waals surface area (Å²) >= 11 is 0. The fourth-order valence-corrected chi connectivity index (χ4v) is 8.46. The Morgan fingerprint density at radius 2 is 0.766 bits per heavy atom. The van der Waals surface area contributed by atoms with E-state index in [4.69, 9.17) is 17.8 Å². The monoisotopic (exact) mass is 980 g/mol. The molecule has 5 aromatic rings. The fraction of sp³-hybridized carbons (Fsp3) is 0.158. The van der Waals surface area contributed by atoms with E-state index in [0.29, 0.717) is 42.5 Å². The number of rotatable bonds is 16. The van der Waals surface area contributed by atoms with Crippen LogP contribution < -0.4 is 17.8 Å². The number of ether oxygens (including phenoxy) is 2. The van der Waals surface area contributed by atoms with Crippen LogP contribution in [0.15, 0.2) is 139 Å². The second-order valence-corrected chi connectivity index (χ2v) is 19.0. The van der Waals surface area contributed by atoms with Crippen LogP contribution in [0.4, 0.5) is 26.3 Å². The van der Waals surface area contributed by atoms with Crippen molar-refractivity contribution in [2.45, 2.75) is 45.8 Å². The van der Waals surface area contributed by atoms with Gasteiger partial charge in [0, 0.05) is 23.3 Å². The molecule has 0 saturated carbocycles. The molecule has 0 aliphatic carbocycles. The number of alkyl halides is 6. The Bertz CT molecular complexity index is 2860. The standard InChI is InChI=1S/C38H30F6N2O14S4/c1-23-8-12-27(13-9-23)61(47,48)57-31-18-16-29(21-33(31)55-3)63(51,52)59-45-35(37(39,40)41)25-6-5-7-26(20-25)36(38(42,43)44)46-60-64(53,54)30-17-19-32(34(22-30)56-4)58-62(49,50)28-14-10-24(2)11-15-28/h5-22H,1-4H3.